The smallest absolute Gasteiger partial charge is 0.316 e. The van der Waals surface area contributed by atoms with E-state index in [9.17, 15) is 24.9 Å². The molecule has 0 unspecified atom stereocenters. The van der Waals surface area contributed by atoms with Crippen LogP contribution >= 0.6 is 0 Å². The molecule has 4 heterocycles. The van der Waals surface area contributed by atoms with Crippen LogP contribution in [0.25, 0.3) is 0 Å². The van der Waals surface area contributed by atoms with Crippen molar-refractivity contribution in [2.24, 2.45) is 28.8 Å². The Balaban J connectivity index is 1.72. The number of carbonyl (C=O) groups excluding carboxylic acids is 2. The minimum absolute atomic E-state index is 0.177. The van der Waals surface area contributed by atoms with Gasteiger partial charge in [0, 0.05) is 63.0 Å². The second kappa shape index (κ2) is 18.6. The number of esters is 1. The molecule has 1 aromatic heterocycles. The fourth-order valence-corrected chi connectivity index (χ4v) is 8.28. The highest BCUT2D eigenvalue weighted by molar-refractivity contribution is 6.05. The minimum Gasteiger partial charge on any atom is -0.459 e. The van der Waals surface area contributed by atoms with Crippen molar-refractivity contribution in [3.05, 3.63) is 11.9 Å². The summed E-state index contributed by atoms with van der Waals surface area (Å²) in [4.78, 5) is 35.9. The SMILES string of the molecule is [B]n1cc(CCN(C)[C@H]2C[C@@H](C)O[C@@H](O[C@@H]3[C@@H](C)C(=O)[C@@H](C)C(=O)O[C@H](CC)[C@@](C)(O)[C@H](O)[C@H](C)/C(=N/O[C@@H]4CCNC4)[C@H](C)C[C@@]3(C)OC)[C@@H]2O)nn1. The lowest BCUT2D eigenvalue weighted by Gasteiger charge is -2.47. The normalized spacial score (nSPS) is 41.2. The number of hydrogen-bond donors (Lipinski definition) is 4. The van der Waals surface area contributed by atoms with Crippen LogP contribution in [0.2, 0.25) is 0 Å². The van der Waals surface area contributed by atoms with Gasteiger partial charge in [0.25, 0.3) is 7.98 Å². The van der Waals surface area contributed by atoms with E-state index in [4.69, 9.17) is 31.8 Å². The summed E-state index contributed by atoms with van der Waals surface area (Å²) in [5.41, 5.74) is -1.97. The summed E-state index contributed by atoms with van der Waals surface area (Å²) in [6.45, 7) is 15.6. The Morgan fingerprint density at radius 2 is 1.87 bits per heavy atom. The Morgan fingerprint density at radius 1 is 1.17 bits per heavy atom. The minimum atomic E-state index is -1.90. The van der Waals surface area contributed by atoms with Crippen LogP contribution in [-0.4, -0.2) is 155 Å². The summed E-state index contributed by atoms with van der Waals surface area (Å²) in [6, 6.07) is -0.375. The molecule has 0 amide bonds. The fourth-order valence-electron chi connectivity index (χ4n) is 8.28. The first-order chi connectivity index (χ1) is 25.3. The number of aromatic nitrogens is 3. The molecule has 54 heavy (non-hydrogen) atoms. The van der Waals surface area contributed by atoms with Crippen molar-refractivity contribution < 1.29 is 48.7 Å². The van der Waals surface area contributed by atoms with Crippen molar-refractivity contribution in [2.75, 3.05) is 33.8 Å². The Labute approximate surface area is 321 Å². The molecule has 0 aliphatic carbocycles. The van der Waals surface area contributed by atoms with Gasteiger partial charge in [-0.15, -0.1) is 5.10 Å². The van der Waals surface area contributed by atoms with Gasteiger partial charge in [0.1, 0.15) is 29.8 Å². The molecule has 304 valence electrons. The van der Waals surface area contributed by atoms with Gasteiger partial charge in [0.05, 0.1) is 35.3 Å². The number of nitrogens with zero attached hydrogens (tertiary/aromatic N) is 5. The maximum atomic E-state index is 14.3. The van der Waals surface area contributed by atoms with Crippen LogP contribution < -0.4 is 5.32 Å². The van der Waals surface area contributed by atoms with E-state index in [1.165, 1.54) is 21.0 Å². The summed E-state index contributed by atoms with van der Waals surface area (Å²) in [6.07, 6.45) is -2.54. The summed E-state index contributed by atoms with van der Waals surface area (Å²) in [5.74, 6) is -4.73. The van der Waals surface area contributed by atoms with E-state index in [-0.39, 0.29) is 31.1 Å². The Hall–Kier alpha value is -2.51. The number of methoxy groups -OCH3 is 1. The van der Waals surface area contributed by atoms with Crippen molar-refractivity contribution in [3.8, 4) is 0 Å². The van der Waals surface area contributed by atoms with Gasteiger partial charge in [-0.05, 0) is 60.5 Å². The highest BCUT2D eigenvalue weighted by Gasteiger charge is 2.52. The van der Waals surface area contributed by atoms with Crippen LogP contribution in [0, 0.1) is 23.7 Å². The number of ketones is 1. The zero-order chi connectivity index (χ0) is 40.1. The number of aliphatic hydroxyl groups excluding tert-OH is 2. The topological polar surface area (TPSA) is 199 Å². The first-order valence-electron chi connectivity index (χ1n) is 19.3. The molecule has 3 aliphatic heterocycles. The van der Waals surface area contributed by atoms with Crippen molar-refractivity contribution in [1.82, 2.24) is 25.1 Å². The molecule has 4 N–H and O–H groups in total. The van der Waals surface area contributed by atoms with E-state index >= 15 is 0 Å². The number of ether oxygens (including phenoxy) is 4. The number of cyclic esters (lactones) is 1. The molecule has 17 heteroatoms. The first-order valence-corrected chi connectivity index (χ1v) is 19.3. The van der Waals surface area contributed by atoms with Gasteiger partial charge >= 0.3 is 5.97 Å². The standard InChI is InChI=1S/C37H63BN6O10/c1-11-28-37(8,49)32(47)22(4)29(41-54-26-12-14-39-18-26)20(2)17-36(7,50-10)33(23(5)30(45)24(6)34(48)52-28)53-35-31(46)27(16-21(3)51-35)43(9)15-13-25-19-44(38)42-40-25/h19-24,26-28,31-33,35,39,46-47,49H,11-18H2,1-10H3/b41-29+/t20-,21-,22-,23+,24-,26-,27+,28-,31-,32-,33-,35+,36-,37-/m1/s1. The van der Waals surface area contributed by atoms with E-state index in [0.717, 1.165) is 17.6 Å². The molecule has 0 spiro atoms. The number of likely N-dealkylation sites (N-methyl/N-ethyl adjacent to an activating group) is 1. The molecule has 14 atom stereocenters. The predicted octanol–water partition coefficient (Wildman–Crippen LogP) is 1.02. The fraction of sp³-hybridized carbons (Fsp3) is 0.865. The molecule has 4 rings (SSSR count). The summed E-state index contributed by atoms with van der Waals surface area (Å²) >= 11 is 0. The van der Waals surface area contributed by atoms with Crippen LogP contribution in [0.15, 0.2) is 11.4 Å². The first kappa shape index (κ1) is 44.2. The molecule has 3 saturated heterocycles. The lowest BCUT2D eigenvalue weighted by Crippen LogP contribution is -2.60. The quantitative estimate of drug-likeness (QED) is 0.114. The zero-order valence-corrected chi connectivity index (χ0v) is 33.7. The van der Waals surface area contributed by atoms with Crippen molar-refractivity contribution >= 4 is 25.4 Å². The molecule has 0 aromatic carbocycles. The largest absolute Gasteiger partial charge is 0.459 e. The van der Waals surface area contributed by atoms with E-state index in [1.807, 2.05) is 32.7 Å². The molecular formula is C37H63BN6O10. The summed E-state index contributed by atoms with van der Waals surface area (Å²) in [7, 11) is 9.09. The van der Waals surface area contributed by atoms with E-state index in [1.54, 1.807) is 27.0 Å². The van der Waals surface area contributed by atoms with Crippen molar-refractivity contribution in [1.29, 1.82) is 0 Å². The van der Waals surface area contributed by atoms with Crippen LogP contribution in [0.5, 0.6) is 0 Å². The number of carbonyl (C=O) groups is 2. The highest BCUT2D eigenvalue weighted by atomic mass is 16.7. The molecular weight excluding hydrogens is 699 g/mol. The second-order valence-corrected chi connectivity index (χ2v) is 16.2. The highest BCUT2D eigenvalue weighted by Crippen LogP contribution is 2.39. The number of oxime groups is 1. The Morgan fingerprint density at radius 3 is 2.46 bits per heavy atom. The van der Waals surface area contributed by atoms with Crippen molar-refractivity contribution in [2.45, 2.75) is 148 Å². The maximum absolute atomic E-state index is 14.3. The average molecular weight is 763 g/mol. The summed E-state index contributed by atoms with van der Waals surface area (Å²) < 4.78 is 26.2. The maximum Gasteiger partial charge on any atom is 0.316 e. The van der Waals surface area contributed by atoms with Gasteiger partial charge in [0.15, 0.2) is 12.1 Å². The molecule has 0 saturated carbocycles. The third-order valence-corrected chi connectivity index (χ3v) is 11.8. The summed E-state index contributed by atoms with van der Waals surface area (Å²) in [5, 5.41) is 51.0. The van der Waals surface area contributed by atoms with Crippen LogP contribution in [0.4, 0.5) is 0 Å². The zero-order valence-electron chi connectivity index (χ0n) is 33.7. The molecule has 3 fully saturated rings. The number of hydrogen-bond acceptors (Lipinski definition) is 15. The third-order valence-electron chi connectivity index (χ3n) is 11.8. The predicted molar refractivity (Wildman–Crippen MR) is 199 cm³/mol. The van der Waals surface area contributed by atoms with Gasteiger partial charge in [-0.25, -0.2) is 0 Å². The van der Waals surface area contributed by atoms with Crippen molar-refractivity contribution in [3.63, 3.8) is 0 Å². The van der Waals surface area contributed by atoms with Gasteiger partial charge in [-0.3, -0.25) is 9.59 Å². The van der Waals surface area contributed by atoms with Crippen LogP contribution in [-0.2, 0) is 39.8 Å². The number of rotatable bonds is 10. The number of Topliss-reactive ketones (excluding diaryl/α,β-unsaturated/α-hetero) is 1. The van der Waals surface area contributed by atoms with Gasteiger partial charge in [-0.1, -0.05) is 38.1 Å². The number of aliphatic hydroxyl groups is 3. The molecule has 2 radical (unpaired) electrons. The van der Waals surface area contributed by atoms with Crippen LogP contribution in [0.3, 0.4) is 0 Å². The lowest BCUT2D eigenvalue weighted by atomic mass is 9.74. The van der Waals surface area contributed by atoms with E-state index in [0.29, 0.717) is 37.3 Å². The lowest BCUT2D eigenvalue weighted by molar-refractivity contribution is -0.295. The molecule has 1 aromatic rings. The monoisotopic (exact) mass is 762 g/mol. The van der Waals surface area contributed by atoms with E-state index < -0.39 is 77.3 Å². The third kappa shape index (κ3) is 10.1. The molecule has 3 aliphatic rings. The van der Waals surface area contributed by atoms with E-state index in [2.05, 4.69) is 20.8 Å². The Bertz CT molecular complexity index is 1430. The Kier molecular flexibility index (Phi) is 15.2. The number of nitrogens with one attached hydrogen (secondary N) is 1. The second-order valence-electron chi connectivity index (χ2n) is 16.2. The van der Waals surface area contributed by atoms with Gasteiger partial charge < -0.3 is 53.9 Å². The van der Waals surface area contributed by atoms with Gasteiger partial charge in [0.2, 0.25) is 0 Å². The van der Waals surface area contributed by atoms with Crippen LogP contribution in [0.1, 0.15) is 86.8 Å². The van der Waals surface area contributed by atoms with Gasteiger partial charge in [-0.2, -0.15) is 0 Å². The molecule has 16 nitrogen and oxygen atoms in total. The molecule has 0 bridgehead atoms. The average Bonchev–Trinajstić information content (AvgIpc) is 3.82.